The third kappa shape index (κ3) is 4.02. The second-order valence-corrected chi connectivity index (χ2v) is 6.18. The van der Waals surface area contributed by atoms with Crippen LogP contribution in [0.1, 0.15) is 39.1 Å². The van der Waals surface area contributed by atoms with Gasteiger partial charge in [0.05, 0.1) is 12.7 Å². The van der Waals surface area contributed by atoms with Gasteiger partial charge in [-0.2, -0.15) is 0 Å². The van der Waals surface area contributed by atoms with Gasteiger partial charge < -0.3 is 9.64 Å². The van der Waals surface area contributed by atoms with Gasteiger partial charge in [0, 0.05) is 18.7 Å². The van der Waals surface area contributed by atoms with Gasteiger partial charge >= 0.3 is 5.97 Å². The normalized spacial score (nSPS) is 13.4. The van der Waals surface area contributed by atoms with Crippen molar-refractivity contribution in [1.29, 1.82) is 0 Å². The molecular weight excluding hydrogens is 302 g/mol. The summed E-state index contributed by atoms with van der Waals surface area (Å²) in [6, 6.07) is 16.6. The maximum atomic E-state index is 12.8. The number of benzene rings is 2. The van der Waals surface area contributed by atoms with Crippen molar-refractivity contribution in [3.8, 4) is 0 Å². The molecule has 4 nitrogen and oxygen atoms in total. The highest BCUT2D eigenvalue weighted by Gasteiger charge is 2.27. The maximum Gasteiger partial charge on any atom is 0.337 e. The fourth-order valence-corrected chi connectivity index (χ4v) is 2.68. The van der Waals surface area contributed by atoms with Crippen LogP contribution in [0.15, 0.2) is 54.6 Å². The Labute approximate surface area is 142 Å². The number of rotatable bonds is 6. The average Bonchev–Trinajstić information content (AvgIpc) is 3.45. The molecule has 2 aromatic rings. The molecule has 2 aromatic carbocycles. The van der Waals surface area contributed by atoms with E-state index in [9.17, 15) is 9.59 Å². The topological polar surface area (TPSA) is 46.6 Å². The Morgan fingerprint density at radius 2 is 1.67 bits per heavy atom. The number of carbonyl (C=O) groups is 2. The molecule has 1 saturated carbocycles. The van der Waals surface area contributed by atoms with E-state index >= 15 is 0 Å². The minimum atomic E-state index is -0.350. The first-order valence-electron chi connectivity index (χ1n) is 8.19. The lowest BCUT2D eigenvalue weighted by Gasteiger charge is -2.23. The molecule has 1 fully saturated rings. The number of esters is 1. The fourth-order valence-electron chi connectivity index (χ4n) is 2.68. The van der Waals surface area contributed by atoms with Crippen molar-refractivity contribution in [3.63, 3.8) is 0 Å². The first-order valence-corrected chi connectivity index (χ1v) is 8.19. The van der Waals surface area contributed by atoms with Gasteiger partial charge in [0.1, 0.15) is 0 Å². The summed E-state index contributed by atoms with van der Waals surface area (Å²) >= 11 is 0. The molecule has 0 saturated heterocycles. The molecule has 0 radical (unpaired) electrons. The third-order valence-corrected chi connectivity index (χ3v) is 4.23. The molecule has 0 aromatic heterocycles. The number of hydrogen-bond donors (Lipinski definition) is 0. The van der Waals surface area contributed by atoms with E-state index in [0.717, 1.165) is 12.1 Å². The summed E-state index contributed by atoms with van der Waals surface area (Å²) < 4.78 is 4.71. The number of amides is 1. The number of ether oxygens (including phenoxy) is 1. The van der Waals surface area contributed by atoms with Gasteiger partial charge in [-0.25, -0.2) is 4.79 Å². The number of hydrogen-bond acceptors (Lipinski definition) is 3. The molecule has 24 heavy (non-hydrogen) atoms. The Bertz CT molecular complexity index is 705. The van der Waals surface area contributed by atoms with Crippen LogP contribution in [-0.2, 0) is 11.3 Å². The molecule has 0 N–H and O–H groups in total. The number of carbonyl (C=O) groups excluding carboxylic acids is 2. The quantitative estimate of drug-likeness (QED) is 0.764. The van der Waals surface area contributed by atoms with Crippen LogP contribution in [0.5, 0.6) is 0 Å². The summed E-state index contributed by atoms with van der Waals surface area (Å²) in [6.45, 7) is 1.33. The fraction of sp³-hybridized carbons (Fsp3) is 0.300. The lowest BCUT2D eigenvalue weighted by molar-refractivity contribution is 0.0600. The van der Waals surface area contributed by atoms with Crippen molar-refractivity contribution in [1.82, 2.24) is 4.90 Å². The Morgan fingerprint density at radius 1 is 1.00 bits per heavy atom. The Kier molecular flexibility index (Phi) is 4.94. The highest BCUT2D eigenvalue weighted by molar-refractivity contribution is 5.94. The van der Waals surface area contributed by atoms with Gasteiger partial charge in [-0.15, -0.1) is 0 Å². The molecule has 0 atom stereocenters. The Morgan fingerprint density at radius 3 is 2.25 bits per heavy atom. The van der Waals surface area contributed by atoms with Crippen molar-refractivity contribution in [3.05, 3.63) is 71.3 Å². The third-order valence-electron chi connectivity index (χ3n) is 4.23. The van der Waals surface area contributed by atoms with Crippen molar-refractivity contribution >= 4 is 11.9 Å². The summed E-state index contributed by atoms with van der Waals surface area (Å²) in [7, 11) is 1.37. The van der Waals surface area contributed by atoms with E-state index in [2.05, 4.69) is 0 Å². The molecule has 0 heterocycles. The van der Waals surface area contributed by atoms with Gasteiger partial charge in [0.2, 0.25) is 0 Å². The van der Waals surface area contributed by atoms with E-state index in [1.807, 2.05) is 47.4 Å². The van der Waals surface area contributed by atoms with E-state index in [4.69, 9.17) is 4.74 Å². The zero-order valence-electron chi connectivity index (χ0n) is 13.8. The van der Waals surface area contributed by atoms with E-state index in [-0.39, 0.29) is 11.9 Å². The molecule has 1 aliphatic rings. The lowest BCUT2D eigenvalue weighted by atomic mass is 10.1. The summed E-state index contributed by atoms with van der Waals surface area (Å²) in [5.74, 6) is 0.322. The first-order chi connectivity index (χ1) is 11.7. The molecule has 0 spiro atoms. The lowest BCUT2D eigenvalue weighted by Crippen LogP contribution is -2.32. The first kappa shape index (κ1) is 16.2. The standard InChI is InChI=1S/C20H21NO3/c1-24-20(23)18-11-9-16(10-12-18)14-21(13-15-7-8-15)19(22)17-5-3-2-4-6-17/h2-6,9-12,15H,7-8,13-14H2,1H3. The van der Waals surface area contributed by atoms with Crippen LogP contribution in [-0.4, -0.2) is 30.4 Å². The summed E-state index contributed by atoms with van der Waals surface area (Å²) in [5, 5.41) is 0. The largest absolute Gasteiger partial charge is 0.465 e. The Hall–Kier alpha value is -2.62. The molecule has 0 aliphatic heterocycles. The summed E-state index contributed by atoms with van der Waals surface area (Å²) in [5.41, 5.74) is 2.24. The summed E-state index contributed by atoms with van der Waals surface area (Å²) in [4.78, 5) is 26.2. The molecule has 124 valence electrons. The minimum Gasteiger partial charge on any atom is -0.465 e. The highest BCUT2D eigenvalue weighted by atomic mass is 16.5. The minimum absolute atomic E-state index is 0.0551. The van der Waals surface area contributed by atoms with E-state index in [1.165, 1.54) is 20.0 Å². The number of methoxy groups -OCH3 is 1. The van der Waals surface area contributed by atoms with Crippen molar-refractivity contribution < 1.29 is 14.3 Å². The Balaban J connectivity index is 1.74. The average molecular weight is 323 g/mol. The van der Waals surface area contributed by atoms with Crippen LogP contribution in [0.4, 0.5) is 0 Å². The number of nitrogens with zero attached hydrogens (tertiary/aromatic N) is 1. The van der Waals surface area contributed by atoms with Crippen LogP contribution < -0.4 is 0 Å². The van der Waals surface area contributed by atoms with Crippen LogP contribution in [0.2, 0.25) is 0 Å². The van der Waals surface area contributed by atoms with E-state index < -0.39 is 0 Å². The molecular formula is C20H21NO3. The zero-order chi connectivity index (χ0) is 16.9. The highest BCUT2D eigenvalue weighted by Crippen LogP contribution is 2.30. The van der Waals surface area contributed by atoms with E-state index in [0.29, 0.717) is 23.6 Å². The van der Waals surface area contributed by atoms with Crippen LogP contribution in [0.3, 0.4) is 0 Å². The van der Waals surface area contributed by atoms with Crippen molar-refractivity contribution in [2.24, 2.45) is 5.92 Å². The predicted molar refractivity (Wildman–Crippen MR) is 91.7 cm³/mol. The molecule has 0 bridgehead atoms. The SMILES string of the molecule is COC(=O)c1ccc(CN(CC2CC2)C(=O)c2ccccc2)cc1. The summed E-state index contributed by atoms with van der Waals surface area (Å²) in [6.07, 6.45) is 2.39. The zero-order valence-corrected chi connectivity index (χ0v) is 13.8. The monoisotopic (exact) mass is 323 g/mol. The van der Waals surface area contributed by atoms with Crippen LogP contribution >= 0.6 is 0 Å². The molecule has 1 amide bonds. The molecule has 1 aliphatic carbocycles. The smallest absolute Gasteiger partial charge is 0.337 e. The maximum absolute atomic E-state index is 12.8. The van der Waals surface area contributed by atoms with Gasteiger partial charge in [0.15, 0.2) is 0 Å². The predicted octanol–water partition coefficient (Wildman–Crippen LogP) is 3.53. The van der Waals surface area contributed by atoms with Crippen LogP contribution in [0.25, 0.3) is 0 Å². The molecule has 0 unspecified atom stereocenters. The molecule has 3 rings (SSSR count). The second kappa shape index (κ2) is 7.30. The van der Waals surface area contributed by atoms with Crippen LogP contribution in [0, 0.1) is 5.92 Å². The van der Waals surface area contributed by atoms with Crippen molar-refractivity contribution in [2.75, 3.05) is 13.7 Å². The van der Waals surface area contributed by atoms with Gasteiger partial charge in [0.25, 0.3) is 5.91 Å². The molecule has 4 heteroatoms. The second-order valence-electron chi connectivity index (χ2n) is 6.18. The van der Waals surface area contributed by atoms with Gasteiger partial charge in [-0.1, -0.05) is 30.3 Å². The van der Waals surface area contributed by atoms with E-state index in [1.54, 1.807) is 12.1 Å². The van der Waals surface area contributed by atoms with Gasteiger partial charge in [-0.3, -0.25) is 4.79 Å². The van der Waals surface area contributed by atoms with Crippen molar-refractivity contribution in [2.45, 2.75) is 19.4 Å². The van der Waals surface area contributed by atoms with Gasteiger partial charge in [-0.05, 0) is 48.6 Å².